The Balaban J connectivity index is 0.684. The molecule has 12 rings (SSSR count). The quantitative estimate of drug-likeness (QED) is 0.0360. The van der Waals surface area contributed by atoms with Crippen LogP contribution in [0.5, 0.6) is 57.5 Å². The van der Waals surface area contributed by atoms with E-state index >= 15 is 0 Å². The van der Waals surface area contributed by atoms with Crippen LogP contribution in [0.4, 0.5) is 0 Å². The highest BCUT2D eigenvalue weighted by Crippen LogP contribution is 2.32. The van der Waals surface area contributed by atoms with Crippen molar-refractivity contribution in [2.45, 2.75) is 85.5 Å². The van der Waals surface area contributed by atoms with Crippen LogP contribution in [0, 0.1) is 0 Å². The molecule has 0 aliphatic carbocycles. The molecule has 10 aromatic carbocycles. The molecule has 2 heterocycles. The van der Waals surface area contributed by atoms with Crippen LogP contribution in [0.1, 0.15) is 0 Å². The van der Waals surface area contributed by atoms with Gasteiger partial charge in [0.05, 0.1) is 79.3 Å². The molecule has 10 aromatic rings. The van der Waals surface area contributed by atoms with Crippen LogP contribution in [0.25, 0.3) is 0 Å². The zero-order valence-corrected chi connectivity index (χ0v) is 67.4. The van der Waals surface area contributed by atoms with E-state index in [1.54, 1.807) is 0 Å². The van der Waals surface area contributed by atoms with Crippen molar-refractivity contribution in [1.29, 1.82) is 0 Å². The minimum Gasteiger partial charge on any atom is -0.491 e. The third kappa shape index (κ3) is 33.3. The van der Waals surface area contributed by atoms with Gasteiger partial charge in [0.25, 0.3) is 0 Å². The van der Waals surface area contributed by atoms with E-state index in [9.17, 15) is 10.2 Å². The monoisotopic (exact) mass is 1650 g/mol. The van der Waals surface area contributed by atoms with Gasteiger partial charge in [-0.1, -0.05) is 182 Å². The number of hydrogen-bond acceptors (Lipinski definition) is 24. The molecule has 0 aromatic heterocycles. The lowest BCUT2D eigenvalue weighted by atomic mass is 10.1. The lowest BCUT2D eigenvalue weighted by Gasteiger charge is -2.27. The second-order valence-corrected chi connectivity index (χ2v) is 28.5. The Bertz CT molecular complexity index is 3960. The van der Waals surface area contributed by atoms with Gasteiger partial charge in [-0.15, -0.1) is 0 Å². The van der Waals surface area contributed by atoms with Crippen molar-refractivity contribution >= 4 is 0 Å². The van der Waals surface area contributed by atoms with Gasteiger partial charge in [0.2, 0.25) is 0 Å². The molecule has 24 nitrogen and oxygen atoms in total. The number of rotatable bonds is 60. The van der Waals surface area contributed by atoms with Crippen molar-refractivity contribution < 1.29 is 114 Å². The number of aliphatic hydroxyl groups is 2. The first-order chi connectivity index (χ1) is 59.3. The van der Waals surface area contributed by atoms with Gasteiger partial charge in [-0.2, -0.15) is 0 Å². The topological polar surface area (TPSA) is 244 Å². The molecule has 2 aliphatic rings. The maximum atomic E-state index is 11.0. The maximum absolute atomic E-state index is 11.0. The first kappa shape index (κ1) is 88.9. The van der Waals surface area contributed by atoms with Crippen LogP contribution in [0.3, 0.4) is 0 Å². The molecule has 0 bridgehead atoms. The lowest BCUT2D eigenvalue weighted by Crippen LogP contribution is -2.40. The van der Waals surface area contributed by atoms with E-state index in [0.717, 1.165) is 0 Å². The second-order valence-electron chi connectivity index (χ2n) is 28.5. The van der Waals surface area contributed by atoms with E-state index in [-0.39, 0.29) is 145 Å². The summed E-state index contributed by atoms with van der Waals surface area (Å²) in [6.07, 6.45) is -8.99. The van der Waals surface area contributed by atoms with Gasteiger partial charge in [0.15, 0.2) is 0 Å². The SMILES string of the molecule is OC(COc1ccccc1)COC(COc1ccccc1)COC(COc1ccccc1)COC(COc1ccccc1)COC(COc1ccccc1)COC1COC2C(OCC(COc3ccccc3)OCC(COc3ccccc3)OCC(COc3ccccc3)OCC(COc3ccccc3)OCC(O)COc3ccccc3)COC12. The highest BCUT2D eigenvalue weighted by atomic mass is 16.7. The summed E-state index contributed by atoms with van der Waals surface area (Å²) in [6, 6.07) is 94.4. The Morgan fingerprint density at radius 1 is 0.192 bits per heavy atom. The van der Waals surface area contributed by atoms with Crippen LogP contribution in [-0.2, 0) is 56.8 Å². The summed E-state index contributed by atoms with van der Waals surface area (Å²) in [6.45, 7) is 1.77. The average Bonchev–Trinajstić information content (AvgIpc) is 1.65. The fraction of sp³-hybridized carbons (Fsp3) is 0.375. The summed E-state index contributed by atoms with van der Waals surface area (Å²) in [4.78, 5) is 0. The number of fused-ring (bicyclic) bond motifs is 1. The zero-order chi connectivity index (χ0) is 82.3. The number of aliphatic hydroxyl groups excluding tert-OH is 2. The minimum absolute atomic E-state index is 0.0181. The molecular formula is C96H110O24. The Morgan fingerprint density at radius 3 is 0.517 bits per heavy atom. The molecule has 2 aliphatic heterocycles. The van der Waals surface area contributed by atoms with E-state index in [1.807, 2.05) is 303 Å². The Hall–Kier alpha value is -10.4. The van der Waals surface area contributed by atoms with E-state index in [4.69, 9.17) is 104 Å². The van der Waals surface area contributed by atoms with Gasteiger partial charge in [0.1, 0.15) is 209 Å². The van der Waals surface area contributed by atoms with Crippen molar-refractivity contribution in [3.63, 3.8) is 0 Å². The Kier molecular flexibility index (Phi) is 38.5. The largest absolute Gasteiger partial charge is 0.491 e. The Labute approximate surface area is 702 Å². The van der Waals surface area contributed by atoms with Crippen molar-refractivity contribution in [2.24, 2.45) is 0 Å². The summed E-state index contributed by atoms with van der Waals surface area (Å²) in [5, 5.41) is 22.1. The maximum Gasteiger partial charge on any atom is 0.119 e. The van der Waals surface area contributed by atoms with E-state index < -0.39 is 85.5 Å². The van der Waals surface area contributed by atoms with Gasteiger partial charge in [-0.3, -0.25) is 0 Å². The van der Waals surface area contributed by atoms with Gasteiger partial charge >= 0.3 is 0 Å². The molecule has 2 N–H and O–H groups in total. The van der Waals surface area contributed by atoms with Gasteiger partial charge in [-0.25, -0.2) is 0 Å². The first-order valence-corrected chi connectivity index (χ1v) is 40.8. The summed E-state index contributed by atoms with van der Waals surface area (Å²) in [7, 11) is 0. The molecule has 638 valence electrons. The van der Waals surface area contributed by atoms with Crippen LogP contribution in [0.2, 0.25) is 0 Å². The summed E-state index contributed by atoms with van der Waals surface area (Å²) in [5.74, 6) is 6.47. The molecule has 0 spiro atoms. The molecule has 14 unspecified atom stereocenters. The van der Waals surface area contributed by atoms with Crippen LogP contribution in [0.15, 0.2) is 303 Å². The molecule has 14 atom stereocenters. The zero-order valence-electron chi connectivity index (χ0n) is 67.4. The Morgan fingerprint density at radius 2 is 0.342 bits per heavy atom. The third-order valence-corrected chi connectivity index (χ3v) is 18.9. The third-order valence-electron chi connectivity index (χ3n) is 18.9. The van der Waals surface area contributed by atoms with Crippen LogP contribution < -0.4 is 47.4 Å². The molecule has 0 saturated carbocycles. The molecule has 0 amide bonds. The fourth-order valence-corrected chi connectivity index (χ4v) is 12.4. The van der Waals surface area contributed by atoms with Crippen LogP contribution >= 0.6 is 0 Å². The van der Waals surface area contributed by atoms with Crippen molar-refractivity contribution in [3.05, 3.63) is 303 Å². The van der Waals surface area contributed by atoms with E-state index in [1.165, 1.54) is 0 Å². The highest BCUT2D eigenvalue weighted by Gasteiger charge is 2.49. The fourth-order valence-electron chi connectivity index (χ4n) is 12.4. The molecule has 2 saturated heterocycles. The smallest absolute Gasteiger partial charge is 0.119 e. The average molecular weight is 1650 g/mol. The van der Waals surface area contributed by atoms with E-state index in [0.29, 0.717) is 57.5 Å². The predicted molar refractivity (Wildman–Crippen MR) is 448 cm³/mol. The highest BCUT2D eigenvalue weighted by molar-refractivity contribution is 5.27. The van der Waals surface area contributed by atoms with Gasteiger partial charge in [0, 0.05) is 0 Å². The molecule has 120 heavy (non-hydrogen) atoms. The molecular weight excluding hydrogens is 1540 g/mol. The van der Waals surface area contributed by atoms with Gasteiger partial charge < -0.3 is 114 Å². The number of ether oxygens (including phenoxy) is 22. The summed E-state index contributed by atoms with van der Waals surface area (Å²) in [5.41, 5.74) is 0. The van der Waals surface area contributed by atoms with Crippen molar-refractivity contribution in [1.82, 2.24) is 0 Å². The number of hydrogen-bond donors (Lipinski definition) is 2. The normalized spacial score (nSPS) is 17.4. The number of benzene rings is 10. The minimum atomic E-state index is -0.946. The second kappa shape index (κ2) is 52.0. The summed E-state index contributed by atoms with van der Waals surface area (Å²) < 4.78 is 142. The first-order valence-electron chi connectivity index (χ1n) is 40.8. The number of para-hydroxylation sites is 10. The molecule has 0 radical (unpaired) electrons. The van der Waals surface area contributed by atoms with E-state index in [2.05, 4.69) is 0 Å². The predicted octanol–water partition coefficient (Wildman–Crippen LogP) is 13.1. The standard InChI is InChI=1S/C96H110O24/c97-73(51-99-75-31-11-1-12-32-75)53-101-85(55-103-77-35-15-3-16-36-77)63-111-87(57-105-79-39-19-5-20-40-79)65-113-89(59-107-81-43-23-7-24-44-81)67-115-91(61-109-83-47-27-9-28-48-83)69-117-93-71-119-96-94(72-120-95(93)96)118-70-92(62-110-84-49-29-10-30-50-84)116-68-90(60-108-82-45-25-8-26-46-82)114-66-88(58-106-80-41-21-6-22-42-80)112-64-86(56-104-78-37-17-4-18-38-78)102-54-74(98)52-100-76-33-13-2-14-34-76/h1-50,73-74,85-98H,51-72H2. The van der Waals surface area contributed by atoms with Crippen molar-refractivity contribution in [2.75, 3.05) is 145 Å². The summed E-state index contributed by atoms with van der Waals surface area (Å²) >= 11 is 0. The molecule has 2 fully saturated rings. The lowest BCUT2D eigenvalue weighted by molar-refractivity contribution is -0.136. The van der Waals surface area contributed by atoms with Crippen LogP contribution in [-0.4, -0.2) is 241 Å². The van der Waals surface area contributed by atoms with Crippen molar-refractivity contribution in [3.8, 4) is 57.5 Å². The van der Waals surface area contributed by atoms with Gasteiger partial charge in [-0.05, 0) is 121 Å². The molecule has 24 heteroatoms.